The van der Waals surface area contributed by atoms with Crippen LogP contribution in [0.5, 0.6) is 0 Å². The second-order valence-electron chi connectivity index (χ2n) is 4.48. The molecule has 0 aromatic carbocycles. The number of hydrogen-bond donors (Lipinski definition) is 0. The van der Waals surface area contributed by atoms with Gasteiger partial charge in [0.2, 0.25) is 0 Å². The molecule has 0 saturated carbocycles. The van der Waals surface area contributed by atoms with Crippen molar-refractivity contribution in [1.82, 2.24) is 14.8 Å². The monoisotopic (exact) mass is 237 g/mol. The Kier molecular flexibility index (Phi) is 4.25. The normalized spacial score (nSPS) is 17.2. The highest BCUT2D eigenvalue weighted by atomic mass is 16.5. The second kappa shape index (κ2) is 5.91. The van der Waals surface area contributed by atoms with Crippen molar-refractivity contribution in [3.8, 4) is 0 Å². The lowest BCUT2D eigenvalue weighted by molar-refractivity contribution is -0.107. The van der Waals surface area contributed by atoms with E-state index in [1.807, 2.05) is 7.05 Å². The molecule has 1 aromatic rings. The molecule has 0 amide bonds. The van der Waals surface area contributed by atoms with E-state index < -0.39 is 0 Å². The highest BCUT2D eigenvalue weighted by Gasteiger charge is 2.21. The van der Waals surface area contributed by atoms with Gasteiger partial charge in [0.25, 0.3) is 0 Å². The highest BCUT2D eigenvalue weighted by Crippen LogP contribution is 2.25. The number of carbonyl (C=O) groups excluding carboxylic acids is 1. The van der Waals surface area contributed by atoms with Crippen LogP contribution in [-0.2, 0) is 23.0 Å². The number of aldehydes is 1. The van der Waals surface area contributed by atoms with Crippen molar-refractivity contribution in [3.05, 3.63) is 11.6 Å². The molecule has 0 spiro atoms. The van der Waals surface area contributed by atoms with Gasteiger partial charge in [0.15, 0.2) is 0 Å². The predicted molar refractivity (Wildman–Crippen MR) is 62.8 cm³/mol. The number of hydrogen-bond acceptors (Lipinski definition) is 4. The Bertz CT molecular complexity index is 370. The average molecular weight is 237 g/mol. The molecule has 5 heteroatoms. The van der Waals surface area contributed by atoms with Gasteiger partial charge in [0.1, 0.15) is 17.9 Å². The number of rotatable bonds is 5. The first kappa shape index (κ1) is 12.2. The van der Waals surface area contributed by atoms with Crippen LogP contribution in [-0.4, -0.2) is 34.3 Å². The smallest absolute Gasteiger partial charge is 0.136 e. The Labute approximate surface area is 101 Å². The Morgan fingerprint density at radius 1 is 1.41 bits per heavy atom. The summed E-state index contributed by atoms with van der Waals surface area (Å²) >= 11 is 0. The molecule has 0 N–H and O–H groups in total. The van der Waals surface area contributed by atoms with E-state index in [4.69, 9.17) is 4.74 Å². The maximum absolute atomic E-state index is 10.3. The third kappa shape index (κ3) is 2.91. The van der Waals surface area contributed by atoms with Gasteiger partial charge in [0, 0.05) is 39.0 Å². The largest absolute Gasteiger partial charge is 0.381 e. The van der Waals surface area contributed by atoms with Crippen LogP contribution in [0.3, 0.4) is 0 Å². The van der Waals surface area contributed by atoms with E-state index in [-0.39, 0.29) is 0 Å². The molecular formula is C12H19N3O2. The van der Waals surface area contributed by atoms with Crippen LogP contribution in [0.25, 0.3) is 0 Å². The summed E-state index contributed by atoms with van der Waals surface area (Å²) in [6, 6.07) is 0. The first-order valence-electron chi connectivity index (χ1n) is 6.22. The van der Waals surface area contributed by atoms with Crippen molar-refractivity contribution < 1.29 is 9.53 Å². The summed E-state index contributed by atoms with van der Waals surface area (Å²) in [5.41, 5.74) is 0. The zero-order valence-electron chi connectivity index (χ0n) is 10.3. The summed E-state index contributed by atoms with van der Waals surface area (Å²) in [5.74, 6) is 2.52. The maximum atomic E-state index is 10.3. The van der Waals surface area contributed by atoms with Gasteiger partial charge in [-0.25, -0.2) is 0 Å². The third-order valence-electron chi connectivity index (χ3n) is 3.31. The van der Waals surface area contributed by atoms with E-state index in [0.29, 0.717) is 12.3 Å². The van der Waals surface area contributed by atoms with Gasteiger partial charge in [-0.3, -0.25) is 0 Å². The van der Waals surface area contributed by atoms with Crippen LogP contribution in [0.1, 0.15) is 43.3 Å². The Morgan fingerprint density at radius 2 is 2.18 bits per heavy atom. The molecule has 0 radical (unpaired) electrons. The second-order valence-corrected chi connectivity index (χ2v) is 4.48. The van der Waals surface area contributed by atoms with Crippen molar-refractivity contribution in [3.63, 3.8) is 0 Å². The Balaban J connectivity index is 2.00. The molecule has 17 heavy (non-hydrogen) atoms. The highest BCUT2D eigenvalue weighted by molar-refractivity contribution is 5.49. The van der Waals surface area contributed by atoms with Gasteiger partial charge in [-0.05, 0) is 19.3 Å². The number of nitrogens with zero attached hydrogens (tertiary/aromatic N) is 3. The summed E-state index contributed by atoms with van der Waals surface area (Å²) in [5, 5.41) is 8.51. The van der Waals surface area contributed by atoms with Crippen LogP contribution in [0.15, 0.2) is 0 Å². The Hall–Kier alpha value is -1.23. The molecule has 0 bridgehead atoms. The lowest BCUT2D eigenvalue weighted by atomic mass is 9.99. The molecule has 1 aliphatic heterocycles. The third-order valence-corrected chi connectivity index (χ3v) is 3.31. The standard InChI is InChI=1S/C12H19N3O2/c1-15-11(4-2-3-7-16)13-14-12(15)10-5-8-17-9-6-10/h7,10H,2-6,8-9H2,1H3. The van der Waals surface area contributed by atoms with Crippen LogP contribution in [0.4, 0.5) is 0 Å². The van der Waals surface area contributed by atoms with E-state index >= 15 is 0 Å². The fourth-order valence-electron chi connectivity index (χ4n) is 2.25. The molecule has 94 valence electrons. The van der Waals surface area contributed by atoms with E-state index in [9.17, 15) is 4.79 Å². The topological polar surface area (TPSA) is 57.0 Å². The number of unbranched alkanes of at least 4 members (excludes halogenated alkanes) is 1. The van der Waals surface area contributed by atoms with Crippen molar-refractivity contribution in [2.75, 3.05) is 13.2 Å². The van der Waals surface area contributed by atoms with Gasteiger partial charge < -0.3 is 14.1 Å². The molecule has 1 aliphatic rings. The van der Waals surface area contributed by atoms with Gasteiger partial charge in [0.05, 0.1) is 0 Å². The molecule has 0 atom stereocenters. The first-order valence-corrected chi connectivity index (χ1v) is 6.22. The summed E-state index contributed by atoms with van der Waals surface area (Å²) < 4.78 is 7.44. The summed E-state index contributed by atoms with van der Waals surface area (Å²) in [6.45, 7) is 1.63. The van der Waals surface area contributed by atoms with Gasteiger partial charge in [-0.15, -0.1) is 10.2 Å². The minimum Gasteiger partial charge on any atom is -0.381 e. The molecule has 0 aliphatic carbocycles. The molecule has 0 unspecified atom stereocenters. The van der Waals surface area contributed by atoms with Crippen LogP contribution < -0.4 is 0 Å². The number of aryl methyl sites for hydroxylation is 1. The summed E-state index contributed by atoms with van der Waals surface area (Å²) in [6.07, 6.45) is 5.28. The lowest BCUT2D eigenvalue weighted by Gasteiger charge is -2.21. The fraction of sp³-hybridized carbons (Fsp3) is 0.750. The fourth-order valence-corrected chi connectivity index (χ4v) is 2.25. The molecule has 1 saturated heterocycles. The summed E-state index contributed by atoms with van der Waals surface area (Å²) in [7, 11) is 2.01. The minimum absolute atomic E-state index is 0.473. The number of aromatic nitrogens is 3. The van der Waals surface area contributed by atoms with Crippen molar-refractivity contribution >= 4 is 6.29 Å². The van der Waals surface area contributed by atoms with Crippen molar-refractivity contribution in [2.45, 2.75) is 38.0 Å². The minimum atomic E-state index is 0.473. The molecule has 5 nitrogen and oxygen atoms in total. The van der Waals surface area contributed by atoms with Gasteiger partial charge >= 0.3 is 0 Å². The lowest BCUT2D eigenvalue weighted by Crippen LogP contribution is -2.17. The van der Waals surface area contributed by atoms with E-state index in [2.05, 4.69) is 14.8 Å². The van der Waals surface area contributed by atoms with Crippen LogP contribution in [0, 0.1) is 0 Å². The molecule has 1 fully saturated rings. The zero-order chi connectivity index (χ0) is 12.1. The quantitative estimate of drug-likeness (QED) is 0.571. The first-order chi connectivity index (χ1) is 8.33. The van der Waals surface area contributed by atoms with E-state index in [1.54, 1.807) is 0 Å². The van der Waals surface area contributed by atoms with Gasteiger partial charge in [-0.1, -0.05) is 0 Å². The van der Waals surface area contributed by atoms with Crippen molar-refractivity contribution in [1.29, 1.82) is 0 Å². The van der Waals surface area contributed by atoms with E-state index in [1.165, 1.54) is 0 Å². The average Bonchev–Trinajstić information content (AvgIpc) is 2.73. The maximum Gasteiger partial charge on any atom is 0.136 e. The SMILES string of the molecule is Cn1c(CCCC=O)nnc1C1CCOCC1. The van der Waals surface area contributed by atoms with Gasteiger partial charge in [-0.2, -0.15) is 0 Å². The zero-order valence-corrected chi connectivity index (χ0v) is 10.3. The van der Waals surface area contributed by atoms with Crippen LogP contribution in [0.2, 0.25) is 0 Å². The summed E-state index contributed by atoms with van der Waals surface area (Å²) in [4.78, 5) is 10.3. The molecule has 2 rings (SSSR count). The van der Waals surface area contributed by atoms with E-state index in [0.717, 1.165) is 56.8 Å². The van der Waals surface area contributed by atoms with Crippen molar-refractivity contribution in [2.24, 2.45) is 7.05 Å². The molecule has 1 aromatic heterocycles. The number of ether oxygens (including phenoxy) is 1. The molecular weight excluding hydrogens is 218 g/mol. The molecule has 2 heterocycles. The Morgan fingerprint density at radius 3 is 2.88 bits per heavy atom. The predicted octanol–water partition coefficient (Wildman–Crippen LogP) is 1.23. The van der Waals surface area contributed by atoms with Crippen LogP contribution >= 0.6 is 0 Å². The number of carbonyl (C=O) groups is 1.